The molecule has 0 N–H and O–H groups in total. The van der Waals surface area contributed by atoms with Gasteiger partial charge in [-0.1, -0.05) is 6.07 Å². The predicted molar refractivity (Wildman–Crippen MR) is 78.8 cm³/mol. The number of rotatable bonds is 3. The third kappa shape index (κ3) is 2.94. The van der Waals surface area contributed by atoms with Gasteiger partial charge in [-0.15, -0.1) is 15.3 Å². The zero-order valence-corrected chi connectivity index (χ0v) is 12.6. The van der Waals surface area contributed by atoms with Crippen LogP contribution in [0.1, 0.15) is 5.82 Å². The number of halogens is 4. The molecule has 0 aliphatic carbocycles. The van der Waals surface area contributed by atoms with Crippen LogP contribution in [-0.4, -0.2) is 39.0 Å². The quantitative estimate of drug-likeness (QED) is 0.678. The Balaban J connectivity index is 1.48. The zero-order chi connectivity index (χ0) is 17.6. The molecule has 0 radical (unpaired) electrons. The number of aromatic nitrogens is 4. The zero-order valence-electron chi connectivity index (χ0n) is 12.6. The lowest BCUT2D eigenvalue weighted by molar-refractivity contribution is -0.146. The van der Waals surface area contributed by atoms with Crippen LogP contribution in [0.5, 0.6) is 5.75 Å². The summed E-state index contributed by atoms with van der Waals surface area (Å²) < 4.78 is 58.1. The Morgan fingerprint density at radius 2 is 1.88 bits per heavy atom. The van der Waals surface area contributed by atoms with Crippen molar-refractivity contribution in [3.05, 3.63) is 48.0 Å². The molecule has 0 saturated carbocycles. The Labute approximate surface area is 138 Å². The summed E-state index contributed by atoms with van der Waals surface area (Å²) in [6.45, 7) is 0.858. The first kappa shape index (κ1) is 15.6. The predicted octanol–water partition coefficient (Wildman–Crippen LogP) is 2.55. The van der Waals surface area contributed by atoms with Crippen LogP contribution in [0.15, 0.2) is 36.4 Å². The first-order valence-corrected chi connectivity index (χ1v) is 7.37. The van der Waals surface area contributed by atoms with Gasteiger partial charge in [0.2, 0.25) is 0 Å². The normalized spacial score (nSPS) is 15.4. The molecular weight excluding hydrogens is 342 g/mol. The molecule has 0 atom stereocenters. The summed E-state index contributed by atoms with van der Waals surface area (Å²) in [5.41, 5.74) is 0.0177. The minimum Gasteiger partial charge on any atom is -0.487 e. The molecule has 4 rings (SSSR count). The maximum Gasteiger partial charge on any atom is 0.453 e. The van der Waals surface area contributed by atoms with Gasteiger partial charge in [-0.3, -0.25) is 0 Å². The first-order valence-electron chi connectivity index (χ1n) is 7.37. The highest BCUT2D eigenvalue weighted by Gasteiger charge is 2.38. The lowest BCUT2D eigenvalue weighted by Crippen LogP contribution is -2.54. The Morgan fingerprint density at radius 3 is 2.60 bits per heavy atom. The largest absolute Gasteiger partial charge is 0.487 e. The van der Waals surface area contributed by atoms with E-state index in [0.29, 0.717) is 29.2 Å². The molecule has 0 amide bonds. The van der Waals surface area contributed by atoms with Gasteiger partial charge in [-0.25, -0.2) is 4.39 Å². The second kappa shape index (κ2) is 5.57. The van der Waals surface area contributed by atoms with E-state index in [4.69, 9.17) is 4.74 Å². The minimum absolute atomic E-state index is 0.0177. The molecule has 1 aromatic carbocycles. The van der Waals surface area contributed by atoms with Crippen LogP contribution in [0.2, 0.25) is 0 Å². The molecule has 0 bridgehead atoms. The van der Waals surface area contributed by atoms with Crippen molar-refractivity contribution < 1.29 is 22.3 Å². The van der Waals surface area contributed by atoms with Crippen molar-refractivity contribution >= 4 is 11.5 Å². The Kier molecular flexibility index (Phi) is 3.48. The number of hydrogen-bond donors (Lipinski definition) is 0. The van der Waals surface area contributed by atoms with E-state index in [1.54, 1.807) is 23.1 Å². The highest BCUT2D eigenvalue weighted by molar-refractivity contribution is 5.48. The van der Waals surface area contributed by atoms with Crippen molar-refractivity contribution in [2.24, 2.45) is 0 Å². The number of nitrogens with zero attached hydrogens (tertiary/aromatic N) is 5. The van der Waals surface area contributed by atoms with E-state index in [1.807, 2.05) is 0 Å². The van der Waals surface area contributed by atoms with Crippen LogP contribution in [-0.2, 0) is 6.18 Å². The highest BCUT2D eigenvalue weighted by atomic mass is 19.4. The first-order chi connectivity index (χ1) is 11.9. The Bertz CT molecular complexity index is 920. The van der Waals surface area contributed by atoms with E-state index in [1.165, 1.54) is 18.2 Å². The van der Waals surface area contributed by atoms with E-state index in [2.05, 4.69) is 15.3 Å². The molecule has 1 fully saturated rings. The van der Waals surface area contributed by atoms with E-state index >= 15 is 0 Å². The summed E-state index contributed by atoms with van der Waals surface area (Å²) in [5, 5.41) is 10.6. The van der Waals surface area contributed by atoms with Crippen molar-refractivity contribution in [3.8, 4) is 5.75 Å². The van der Waals surface area contributed by atoms with Crippen LogP contribution in [0, 0.1) is 5.82 Å². The van der Waals surface area contributed by atoms with Gasteiger partial charge in [0.1, 0.15) is 23.5 Å². The van der Waals surface area contributed by atoms with Crippen LogP contribution in [0.25, 0.3) is 5.65 Å². The number of fused-ring (bicyclic) bond motifs is 1. The minimum atomic E-state index is -4.64. The summed E-state index contributed by atoms with van der Waals surface area (Å²) in [7, 11) is 0. The molecule has 1 saturated heterocycles. The molecule has 0 unspecified atom stereocenters. The summed E-state index contributed by atoms with van der Waals surface area (Å²) in [6, 6.07) is 8.77. The Hall–Kier alpha value is -2.91. The molecule has 1 aliphatic heterocycles. The standard InChI is InChI=1S/C15H11F4N5O/c16-9-2-1-3-10(6-9)25-11-7-23(8-11)13-5-4-12-20-21-14(15(17,18)19)24(12)22-13/h1-6,11H,7-8H2. The average molecular weight is 353 g/mol. The van der Waals surface area contributed by atoms with Crippen LogP contribution < -0.4 is 9.64 Å². The molecule has 3 heterocycles. The van der Waals surface area contributed by atoms with Gasteiger partial charge in [-0.05, 0) is 24.3 Å². The summed E-state index contributed by atoms with van der Waals surface area (Å²) >= 11 is 0. The van der Waals surface area contributed by atoms with Crippen molar-refractivity contribution in [1.82, 2.24) is 19.8 Å². The maximum absolute atomic E-state index is 13.1. The van der Waals surface area contributed by atoms with E-state index in [9.17, 15) is 17.6 Å². The van der Waals surface area contributed by atoms with Gasteiger partial charge in [-0.2, -0.15) is 17.7 Å². The fourth-order valence-electron chi connectivity index (χ4n) is 2.56. The molecule has 6 nitrogen and oxygen atoms in total. The molecule has 1 aliphatic rings. The monoisotopic (exact) mass is 353 g/mol. The van der Waals surface area contributed by atoms with E-state index in [0.717, 1.165) is 0 Å². The molecule has 2 aromatic heterocycles. The average Bonchev–Trinajstić information content (AvgIpc) is 2.93. The summed E-state index contributed by atoms with van der Waals surface area (Å²) in [5.74, 6) is -0.798. The van der Waals surface area contributed by atoms with Crippen molar-refractivity contribution in [3.63, 3.8) is 0 Å². The molecule has 0 spiro atoms. The van der Waals surface area contributed by atoms with E-state index < -0.39 is 17.8 Å². The van der Waals surface area contributed by atoms with Crippen LogP contribution in [0.4, 0.5) is 23.4 Å². The molecule has 25 heavy (non-hydrogen) atoms. The van der Waals surface area contributed by atoms with Gasteiger partial charge in [0.25, 0.3) is 5.82 Å². The Morgan fingerprint density at radius 1 is 1.08 bits per heavy atom. The second-order valence-corrected chi connectivity index (χ2v) is 5.59. The second-order valence-electron chi connectivity index (χ2n) is 5.59. The molecular formula is C15H11F4N5O. The number of benzene rings is 1. The van der Waals surface area contributed by atoms with Crippen LogP contribution >= 0.6 is 0 Å². The van der Waals surface area contributed by atoms with Gasteiger partial charge in [0, 0.05) is 6.07 Å². The van der Waals surface area contributed by atoms with Gasteiger partial charge in [0.15, 0.2) is 5.65 Å². The smallest absolute Gasteiger partial charge is 0.453 e. The van der Waals surface area contributed by atoms with E-state index in [-0.39, 0.29) is 11.8 Å². The van der Waals surface area contributed by atoms with Crippen molar-refractivity contribution in [2.45, 2.75) is 12.3 Å². The fourth-order valence-corrected chi connectivity index (χ4v) is 2.56. The number of alkyl halides is 3. The number of hydrogen-bond acceptors (Lipinski definition) is 5. The lowest BCUT2D eigenvalue weighted by Gasteiger charge is -2.39. The topological polar surface area (TPSA) is 55.5 Å². The van der Waals surface area contributed by atoms with Crippen molar-refractivity contribution in [1.29, 1.82) is 0 Å². The van der Waals surface area contributed by atoms with Gasteiger partial charge >= 0.3 is 6.18 Å². The molecule has 3 aromatic rings. The molecule has 10 heteroatoms. The SMILES string of the molecule is Fc1cccc(OC2CN(c3ccc4nnc(C(F)(F)F)n4n3)C2)c1. The van der Waals surface area contributed by atoms with Crippen LogP contribution in [0.3, 0.4) is 0 Å². The summed E-state index contributed by atoms with van der Waals surface area (Å²) in [4.78, 5) is 1.75. The third-order valence-corrected chi connectivity index (χ3v) is 3.77. The fraction of sp³-hybridized carbons (Fsp3) is 0.267. The van der Waals surface area contributed by atoms with Gasteiger partial charge in [0.05, 0.1) is 13.1 Å². The highest BCUT2D eigenvalue weighted by Crippen LogP contribution is 2.29. The lowest BCUT2D eigenvalue weighted by atomic mass is 10.1. The van der Waals surface area contributed by atoms with Gasteiger partial charge < -0.3 is 9.64 Å². The summed E-state index contributed by atoms with van der Waals surface area (Å²) in [6.07, 6.45) is -4.83. The molecule has 130 valence electrons. The number of ether oxygens (including phenoxy) is 1. The van der Waals surface area contributed by atoms with Crippen molar-refractivity contribution in [2.75, 3.05) is 18.0 Å². The maximum atomic E-state index is 13.1. The third-order valence-electron chi connectivity index (χ3n) is 3.77. The number of anilines is 1.